The molecule has 0 unspecified atom stereocenters. The Bertz CT molecular complexity index is 604. The summed E-state index contributed by atoms with van der Waals surface area (Å²) < 4.78 is 0. The van der Waals surface area contributed by atoms with E-state index in [4.69, 9.17) is 5.73 Å². The molecule has 0 aliphatic rings. The first kappa shape index (κ1) is 13.5. The van der Waals surface area contributed by atoms with Crippen molar-refractivity contribution in [1.82, 2.24) is 4.98 Å². The summed E-state index contributed by atoms with van der Waals surface area (Å²) in [6, 6.07) is 7.96. The van der Waals surface area contributed by atoms with Crippen molar-refractivity contribution in [3.05, 3.63) is 34.7 Å². The lowest BCUT2D eigenvalue weighted by Crippen LogP contribution is -2.07. The second kappa shape index (κ2) is 5.40. The van der Waals surface area contributed by atoms with Crippen LogP contribution in [0, 0.1) is 12.8 Å². The van der Waals surface area contributed by atoms with Gasteiger partial charge in [0.2, 0.25) is 0 Å². The van der Waals surface area contributed by atoms with Crippen molar-refractivity contribution >= 4 is 33.8 Å². The average Bonchev–Trinajstić information content (AvgIpc) is 2.69. The van der Waals surface area contributed by atoms with Crippen LogP contribution in [0.15, 0.2) is 24.3 Å². The smallest absolute Gasteiger partial charge is 0.189 e. The monoisotopic (exact) mass is 275 g/mol. The van der Waals surface area contributed by atoms with Gasteiger partial charge in [0, 0.05) is 11.6 Å². The van der Waals surface area contributed by atoms with Gasteiger partial charge in [-0.25, -0.2) is 4.98 Å². The lowest BCUT2D eigenvalue weighted by molar-refractivity contribution is 0.0944. The van der Waals surface area contributed by atoms with Crippen molar-refractivity contribution in [1.29, 1.82) is 0 Å². The van der Waals surface area contributed by atoms with Crippen LogP contribution in [0.1, 0.15) is 29.1 Å². The van der Waals surface area contributed by atoms with Gasteiger partial charge in [-0.3, -0.25) is 4.79 Å². The van der Waals surface area contributed by atoms with E-state index in [1.54, 1.807) is 0 Å². The summed E-state index contributed by atoms with van der Waals surface area (Å²) in [6.45, 7) is 5.74. The number of carbonyl (C=O) groups excluding carboxylic acids is 1. The minimum absolute atomic E-state index is 0.0345. The van der Waals surface area contributed by atoms with Crippen LogP contribution in [0.3, 0.4) is 0 Å². The molecule has 1 aromatic heterocycles. The first-order chi connectivity index (χ1) is 8.97. The number of thiazole rings is 1. The Morgan fingerprint density at radius 3 is 2.79 bits per heavy atom. The van der Waals surface area contributed by atoms with Crippen LogP contribution >= 0.6 is 11.3 Å². The highest BCUT2D eigenvalue weighted by Crippen LogP contribution is 2.29. The molecule has 0 bridgehead atoms. The number of nitrogens with zero attached hydrogens (tertiary/aromatic N) is 1. The summed E-state index contributed by atoms with van der Waals surface area (Å²) in [4.78, 5) is 16.7. The first-order valence-electron chi connectivity index (χ1n) is 6.11. The Kier molecular flexibility index (Phi) is 3.85. The van der Waals surface area contributed by atoms with Crippen molar-refractivity contribution in [3.8, 4) is 0 Å². The zero-order chi connectivity index (χ0) is 14.0. The second-order valence-electron chi connectivity index (χ2n) is 4.75. The molecule has 0 radical (unpaired) electrons. The zero-order valence-electron chi connectivity index (χ0n) is 11.2. The van der Waals surface area contributed by atoms with Gasteiger partial charge in [-0.2, -0.15) is 0 Å². The molecular formula is C14H17N3OS. The summed E-state index contributed by atoms with van der Waals surface area (Å²) in [5.74, 6) is 0.265. The van der Waals surface area contributed by atoms with E-state index in [-0.39, 0.29) is 11.7 Å². The van der Waals surface area contributed by atoms with Crippen LogP contribution in [-0.4, -0.2) is 10.8 Å². The Hall–Kier alpha value is -1.88. The SMILES string of the molecule is Cc1cccc(Nc2nc(N)c(C(=O)C(C)C)s2)c1. The minimum atomic E-state index is -0.0745. The van der Waals surface area contributed by atoms with E-state index in [1.165, 1.54) is 11.3 Å². The van der Waals surface area contributed by atoms with Gasteiger partial charge in [0.15, 0.2) is 10.9 Å². The summed E-state index contributed by atoms with van der Waals surface area (Å²) in [5, 5.41) is 3.82. The van der Waals surface area contributed by atoms with Crippen molar-refractivity contribution in [2.24, 2.45) is 5.92 Å². The molecule has 3 N–H and O–H groups in total. The molecule has 5 heteroatoms. The third-order valence-electron chi connectivity index (χ3n) is 2.67. The normalized spacial score (nSPS) is 10.7. The molecule has 0 atom stereocenters. The lowest BCUT2D eigenvalue weighted by Gasteiger charge is -2.02. The van der Waals surface area contributed by atoms with Gasteiger partial charge in [-0.15, -0.1) is 0 Å². The van der Waals surface area contributed by atoms with E-state index in [9.17, 15) is 4.79 Å². The molecule has 19 heavy (non-hydrogen) atoms. The number of ketones is 1. The molecule has 2 aromatic rings. The molecule has 0 aliphatic heterocycles. The van der Waals surface area contributed by atoms with Crippen molar-refractivity contribution in [2.75, 3.05) is 11.1 Å². The predicted octanol–water partition coefficient (Wildman–Crippen LogP) is 3.62. The van der Waals surface area contributed by atoms with Gasteiger partial charge in [0.05, 0.1) is 0 Å². The van der Waals surface area contributed by atoms with Gasteiger partial charge in [0.1, 0.15) is 10.7 Å². The standard InChI is InChI=1S/C14H17N3OS/c1-8(2)11(18)12-13(15)17-14(19-12)16-10-6-4-5-9(3)7-10/h4-8H,15H2,1-3H3,(H,16,17). The molecule has 0 spiro atoms. The van der Waals surface area contributed by atoms with Gasteiger partial charge in [0.25, 0.3) is 0 Å². The summed E-state index contributed by atoms with van der Waals surface area (Å²) in [6.07, 6.45) is 0. The first-order valence-corrected chi connectivity index (χ1v) is 6.93. The highest BCUT2D eigenvalue weighted by molar-refractivity contribution is 7.18. The molecule has 0 saturated heterocycles. The maximum Gasteiger partial charge on any atom is 0.189 e. The number of hydrogen-bond acceptors (Lipinski definition) is 5. The number of aryl methyl sites for hydroxylation is 1. The Morgan fingerprint density at radius 2 is 2.16 bits per heavy atom. The fourth-order valence-corrected chi connectivity index (χ4v) is 2.66. The number of hydrogen-bond donors (Lipinski definition) is 2. The van der Waals surface area contributed by atoms with E-state index in [0.29, 0.717) is 15.8 Å². The van der Waals surface area contributed by atoms with E-state index < -0.39 is 0 Å². The summed E-state index contributed by atoms with van der Waals surface area (Å²) in [7, 11) is 0. The van der Waals surface area contributed by atoms with Gasteiger partial charge in [-0.05, 0) is 24.6 Å². The summed E-state index contributed by atoms with van der Waals surface area (Å²) >= 11 is 1.30. The lowest BCUT2D eigenvalue weighted by atomic mass is 10.1. The van der Waals surface area contributed by atoms with Gasteiger partial charge in [-0.1, -0.05) is 37.3 Å². The maximum atomic E-state index is 11.9. The van der Waals surface area contributed by atoms with Crippen LogP contribution in [0.2, 0.25) is 0 Å². The quantitative estimate of drug-likeness (QED) is 0.836. The number of carbonyl (C=O) groups is 1. The fraction of sp³-hybridized carbons (Fsp3) is 0.286. The number of nitrogen functional groups attached to an aromatic ring is 1. The van der Waals surface area contributed by atoms with Crippen LogP contribution in [0.4, 0.5) is 16.6 Å². The molecule has 0 saturated carbocycles. The number of nitrogens with one attached hydrogen (secondary N) is 1. The van der Waals surface area contributed by atoms with Crippen molar-refractivity contribution in [3.63, 3.8) is 0 Å². The third-order valence-corrected chi connectivity index (χ3v) is 3.67. The molecular weight excluding hydrogens is 258 g/mol. The predicted molar refractivity (Wildman–Crippen MR) is 80.2 cm³/mol. The molecule has 4 nitrogen and oxygen atoms in total. The fourth-order valence-electron chi connectivity index (χ4n) is 1.67. The third kappa shape index (κ3) is 3.12. The Labute approximate surface area is 116 Å². The molecule has 0 amide bonds. The van der Waals surface area contributed by atoms with E-state index in [1.807, 2.05) is 45.0 Å². The number of nitrogens with two attached hydrogens (primary N) is 1. The van der Waals surface area contributed by atoms with Crippen LogP contribution in [0.25, 0.3) is 0 Å². The number of aromatic nitrogens is 1. The van der Waals surface area contributed by atoms with Gasteiger partial charge < -0.3 is 11.1 Å². The van der Waals surface area contributed by atoms with Crippen LogP contribution < -0.4 is 11.1 Å². The maximum absolute atomic E-state index is 11.9. The van der Waals surface area contributed by atoms with Crippen LogP contribution in [-0.2, 0) is 0 Å². The zero-order valence-corrected chi connectivity index (χ0v) is 12.0. The van der Waals surface area contributed by atoms with E-state index in [0.717, 1.165) is 11.3 Å². The average molecular weight is 275 g/mol. The van der Waals surface area contributed by atoms with E-state index in [2.05, 4.69) is 10.3 Å². The number of Topliss-reactive ketones (excluding diaryl/α,β-unsaturated/α-hetero) is 1. The topological polar surface area (TPSA) is 68.0 Å². The van der Waals surface area contributed by atoms with E-state index >= 15 is 0 Å². The van der Waals surface area contributed by atoms with Crippen molar-refractivity contribution in [2.45, 2.75) is 20.8 Å². The highest BCUT2D eigenvalue weighted by Gasteiger charge is 2.18. The molecule has 1 aromatic carbocycles. The van der Waals surface area contributed by atoms with Gasteiger partial charge >= 0.3 is 0 Å². The minimum Gasteiger partial charge on any atom is -0.382 e. The number of rotatable bonds is 4. The molecule has 2 rings (SSSR count). The molecule has 0 aliphatic carbocycles. The largest absolute Gasteiger partial charge is 0.382 e. The Balaban J connectivity index is 2.23. The molecule has 1 heterocycles. The number of benzene rings is 1. The molecule has 0 fully saturated rings. The Morgan fingerprint density at radius 1 is 1.42 bits per heavy atom. The molecule has 100 valence electrons. The highest BCUT2D eigenvalue weighted by atomic mass is 32.1. The number of anilines is 3. The van der Waals surface area contributed by atoms with Crippen molar-refractivity contribution < 1.29 is 4.79 Å². The second-order valence-corrected chi connectivity index (χ2v) is 5.75. The summed E-state index contributed by atoms with van der Waals surface area (Å²) in [5.41, 5.74) is 7.90. The van der Waals surface area contributed by atoms with Crippen LogP contribution in [0.5, 0.6) is 0 Å².